The summed E-state index contributed by atoms with van der Waals surface area (Å²) in [5.74, 6) is 0.692. The smallest absolute Gasteiger partial charge is 0.412 e. The van der Waals surface area contributed by atoms with Gasteiger partial charge >= 0.3 is 6.09 Å². The molecule has 0 aliphatic carbocycles. The molecule has 0 aliphatic heterocycles. The molecule has 9 nitrogen and oxygen atoms in total. The zero-order chi connectivity index (χ0) is 22.6. The Morgan fingerprint density at radius 2 is 1.71 bits per heavy atom. The van der Waals surface area contributed by atoms with Gasteiger partial charge in [-0.15, -0.1) is 24.0 Å². The van der Waals surface area contributed by atoms with Crippen molar-refractivity contribution in [2.45, 2.75) is 46.6 Å². The van der Waals surface area contributed by atoms with Crippen LogP contribution in [0.25, 0.3) is 0 Å². The van der Waals surface area contributed by atoms with Gasteiger partial charge in [-0.3, -0.25) is 10.3 Å². The van der Waals surface area contributed by atoms with E-state index >= 15 is 0 Å². The zero-order valence-corrected chi connectivity index (χ0v) is 22.1. The topological polar surface area (TPSA) is 121 Å². The summed E-state index contributed by atoms with van der Waals surface area (Å²) in [5, 5.41) is 9.06. The fourth-order valence-corrected chi connectivity index (χ4v) is 2.92. The van der Waals surface area contributed by atoms with E-state index in [2.05, 4.69) is 25.7 Å². The Bertz CT molecular complexity index is 793. The van der Waals surface area contributed by atoms with Gasteiger partial charge in [-0.1, -0.05) is 12.1 Å². The van der Waals surface area contributed by atoms with Gasteiger partial charge in [0.25, 0.3) is 0 Å². The molecule has 0 saturated carbocycles. The predicted octanol–water partition coefficient (Wildman–Crippen LogP) is 2.69. The van der Waals surface area contributed by atoms with Crippen LogP contribution in [0.15, 0.2) is 29.3 Å². The van der Waals surface area contributed by atoms with E-state index in [9.17, 15) is 13.2 Å². The van der Waals surface area contributed by atoms with Gasteiger partial charge in [0.05, 0.1) is 12.3 Å². The molecule has 0 fully saturated rings. The second-order valence-electron chi connectivity index (χ2n) is 7.56. The summed E-state index contributed by atoms with van der Waals surface area (Å²) >= 11 is 0. The van der Waals surface area contributed by atoms with Crippen molar-refractivity contribution in [2.24, 2.45) is 4.99 Å². The minimum absolute atomic E-state index is 0. The minimum Gasteiger partial charge on any atom is -0.444 e. The molecular weight excluding hydrogens is 533 g/mol. The molecule has 1 aromatic carbocycles. The first-order valence-corrected chi connectivity index (χ1v) is 11.8. The van der Waals surface area contributed by atoms with Gasteiger partial charge in [0.15, 0.2) is 5.96 Å². The van der Waals surface area contributed by atoms with Gasteiger partial charge in [0, 0.05) is 25.3 Å². The molecule has 0 bridgehead atoms. The molecule has 0 heterocycles. The van der Waals surface area contributed by atoms with Crippen molar-refractivity contribution in [3.8, 4) is 0 Å². The highest BCUT2D eigenvalue weighted by molar-refractivity contribution is 14.0. The van der Waals surface area contributed by atoms with Crippen molar-refractivity contribution >= 4 is 51.7 Å². The first-order chi connectivity index (χ1) is 14.0. The molecular formula is C20H36IN5O4S. The Kier molecular flexibility index (Phi) is 13.7. The molecule has 11 heteroatoms. The molecule has 1 amide bonds. The summed E-state index contributed by atoms with van der Waals surface area (Å²) < 4.78 is 30.6. The van der Waals surface area contributed by atoms with Crippen molar-refractivity contribution in [3.63, 3.8) is 0 Å². The molecule has 1 aromatic rings. The molecule has 0 saturated heterocycles. The van der Waals surface area contributed by atoms with E-state index in [4.69, 9.17) is 4.74 Å². The van der Waals surface area contributed by atoms with E-state index in [1.54, 1.807) is 6.92 Å². The van der Waals surface area contributed by atoms with Crippen LogP contribution in [0.3, 0.4) is 0 Å². The summed E-state index contributed by atoms with van der Waals surface area (Å²) in [5.41, 5.74) is 1.23. The first kappa shape index (κ1) is 29.4. The highest BCUT2D eigenvalue weighted by Gasteiger charge is 2.16. The molecule has 1 rings (SSSR count). The summed E-state index contributed by atoms with van der Waals surface area (Å²) in [6.07, 6.45) is 0.282. The van der Waals surface area contributed by atoms with Crippen LogP contribution in [0.5, 0.6) is 0 Å². The number of aliphatic imine (C=N–C) groups is 1. The number of rotatable bonds is 10. The summed E-state index contributed by atoms with van der Waals surface area (Å²) in [4.78, 5) is 16.2. The number of hydrogen-bond donors (Lipinski definition) is 4. The van der Waals surface area contributed by atoms with Gasteiger partial charge < -0.3 is 15.4 Å². The molecule has 0 radical (unpaired) electrons. The number of carbonyl (C=O) groups is 1. The fraction of sp³-hybridized carbons (Fsp3) is 0.600. The molecule has 31 heavy (non-hydrogen) atoms. The van der Waals surface area contributed by atoms with Crippen LogP contribution in [-0.2, 0) is 21.2 Å². The standard InChI is InChI=1S/C20H35N5O4S.HI/c1-6-21-18(23-14-15-24-30(27,28)7-2)22-13-12-16-8-10-17(11-9-16)25-19(26)29-20(3,4)5;/h8-11,24H,6-7,12-15H2,1-5H3,(H,25,26)(H2,21,22,23);1H. The lowest BCUT2D eigenvalue weighted by Gasteiger charge is -2.19. The SMILES string of the molecule is CCNC(=NCCNS(=O)(=O)CC)NCCc1ccc(NC(=O)OC(C)(C)C)cc1.I. The van der Waals surface area contributed by atoms with E-state index in [1.807, 2.05) is 52.0 Å². The summed E-state index contributed by atoms with van der Waals surface area (Å²) in [6, 6.07) is 7.55. The highest BCUT2D eigenvalue weighted by Crippen LogP contribution is 2.13. The van der Waals surface area contributed by atoms with Gasteiger partial charge in [0.2, 0.25) is 10.0 Å². The van der Waals surface area contributed by atoms with Gasteiger partial charge in [-0.05, 0) is 58.7 Å². The minimum atomic E-state index is -3.20. The predicted molar refractivity (Wildman–Crippen MR) is 137 cm³/mol. The lowest BCUT2D eigenvalue weighted by molar-refractivity contribution is 0.0636. The van der Waals surface area contributed by atoms with Gasteiger partial charge in [-0.2, -0.15) is 0 Å². The number of hydrogen-bond acceptors (Lipinski definition) is 5. The largest absolute Gasteiger partial charge is 0.444 e. The Labute approximate surface area is 203 Å². The third kappa shape index (κ3) is 14.2. The summed E-state index contributed by atoms with van der Waals surface area (Å²) in [6.45, 7) is 11.0. The average Bonchev–Trinajstić information content (AvgIpc) is 2.65. The number of anilines is 1. The molecule has 0 aromatic heterocycles. The van der Waals surface area contributed by atoms with Gasteiger partial charge in [0.1, 0.15) is 5.60 Å². The van der Waals surface area contributed by atoms with Crippen LogP contribution in [0.4, 0.5) is 10.5 Å². The maximum absolute atomic E-state index is 11.8. The molecule has 0 unspecified atom stereocenters. The van der Waals surface area contributed by atoms with E-state index in [1.165, 1.54) is 0 Å². The maximum Gasteiger partial charge on any atom is 0.412 e. The van der Waals surface area contributed by atoms with Crippen molar-refractivity contribution in [1.29, 1.82) is 0 Å². The third-order valence-electron chi connectivity index (χ3n) is 3.73. The number of nitrogens with one attached hydrogen (secondary N) is 4. The highest BCUT2D eigenvalue weighted by atomic mass is 127. The van der Waals surface area contributed by atoms with Crippen LogP contribution >= 0.6 is 24.0 Å². The van der Waals surface area contributed by atoms with E-state index in [0.717, 1.165) is 12.0 Å². The lowest BCUT2D eigenvalue weighted by Crippen LogP contribution is -2.39. The van der Waals surface area contributed by atoms with E-state index < -0.39 is 21.7 Å². The number of halogens is 1. The van der Waals surface area contributed by atoms with Crippen molar-refractivity contribution in [1.82, 2.24) is 15.4 Å². The molecule has 178 valence electrons. The number of guanidine groups is 1. The normalized spacial score (nSPS) is 12.0. The van der Waals surface area contributed by atoms with E-state index in [0.29, 0.717) is 31.3 Å². The number of sulfonamides is 1. The molecule has 0 spiro atoms. The lowest BCUT2D eigenvalue weighted by atomic mass is 10.1. The quantitative estimate of drug-likeness (QED) is 0.149. The number of benzene rings is 1. The number of amides is 1. The molecule has 0 aliphatic rings. The van der Waals surface area contributed by atoms with Crippen LogP contribution in [0.1, 0.15) is 40.2 Å². The van der Waals surface area contributed by atoms with Crippen LogP contribution in [0.2, 0.25) is 0 Å². The van der Waals surface area contributed by atoms with Crippen molar-refractivity contribution in [3.05, 3.63) is 29.8 Å². The number of carbonyl (C=O) groups excluding carboxylic acids is 1. The van der Waals surface area contributed by atoms with Crippen LogP contribution in [-0.4, -0.2) is 58.0 Å². The number of ether oxygens (including phenoxy) is 1. The third-order valence-corrected chi connectivity index (χ3v) is 5.14. The Morgan fingerprint density at radius 1 is 1.06 bits per heavy atom. The first-order valence-electron chi connectivity index (χ1n) is 10.1. The second kappa shape index (κ2) is 14.5. The Morgan fingerprint density at radius 3 is 2.26 bits per heavy atom. The fourth-order valence-electron chi connectivity index (χ4n) is 2.31. The van der Waals surface area contributed by atoms with Gasteiger partial charge in [-0.25, -0.2) is 17.9 Å². The number of nitrogens with zero attached hydrogens (tertiary/aromatic N) is 1. The maximum atomic E-state index is 11.8. The second-order valence-corrected chi connectivity index (χ2v) is 9.65. The Balaban J connectivity index is 0.00000900. The van der Waals surface area contributed by atoms with Crippen molar-refractivity contribution in [2.75, 3.05) is 37.2 Å². The van der Waals surface area contributed by atoms with Crippen molar-refractivity contribution < 1.29 is 17.9 Å². The monoisotopic (exact) mass is 569 g/mol. The summed E-state index contributed by atoms with van der Waals surface area (Å²) in [7, 11) is -3.20. The van der Waals surface area contributed by atoms with Crippen LogP contribution in [0, 0.1) is 0 Å². The molecule has 0 atom stereocenters. The zero-order valence-electron chi connectivity index (χ0n) is 18.9. The average molecular weight is 570 g/mol. The van der Waals surface area contributed by atoms with E-state index in [-0.39, 0.29) is 36.3 Å². The Hall–Kier alpha value is -1.60. The van der Waals surface area contributed by atoms with Crippen LogP contribution < -0.4 is 20.7 Å². The molecule has 4 N–H and O–H groups in total.